The first-order valence-corrected chi connectivity index (χ1v) is 11.9. The molecule has 1 unspecified atom stereocenters. The summed E-state index contributed by atoms with van der Waals surface area (Å²) in [5.41, 5.74) is 1.60. The number of hydrogen-bond donors (Lipinski definition) is 1. The molecule has 1 aromatic heterocycles. The van der Waals surface area contributed by atoms with Gasteiger partial charge in [0.2, 0.25) is 0 Å². The van der Waals surface area contributed by atoms with Crippen LogP contribution in [0.2, 0.25) is 0 Å². The van der Waals surface area contributed by atoms with Crippen molar-refractivity contribution in [3.05, 3.63) is 89.3 Å². The van der Waals surface area contributed by atoms with Crippen molar-refractivity contribution in [1.82, 2.24) is 4.98 Å². The van der Waals surface area contributed by atoms with Crippen LogP contribution in [0.1, 0.15) is 49.4 Å². The molecule has 1 atom stereocenters. The van der Waals surface area contributed by atoms with E-state index in [1.165, 1.54) is 24.5 Å². The van der Waals surface area contributed by atoms with Crippen molar-refractivity contribution in [2.75, 3.05) is 11.5 Å². The summed E-state index contributed by atoms with van der Waals surface area (Å²) in [5.74, 6) is -2.04. The summed E-state index contributed by atoms with van der Waals surface area (Å²) >= 11 is 0. The number of nitrogens with zero attached hydrogens (tertiary/aromatic N) is 2. The zero-order valence-corrected chi connectivity index (χ0v) is 20.8. The van der Waals surface area contributed by atoms with E-state index in [0.29, 0.717) is 23.5 Å². The number of pyridine rings is 1. The average Bonchev–Trinajstić information content (AvgIpc) is 3.14. The second-order valence-corrected chi connectivity index (χ2v) is 8.83. The highest BCUT2D eigenvalue weighted by Crippen LogP contribution is 2.43. The van der Waals surface area contributed by atoms with E-state index in [9.17, 15) is 27.9 Å². The van der Waals surface area contributed by atoms with E-state index in [4.69, 9.17) is 4.74 Å². The Morgan fingerprint density at radius 2 is 1.71 bits per heavy atom. The lowest BCUT2D eigenvalue weighted by Gasteiger charge is -2.25. The molecule has 0 aliphatic carbocycles. The third-order valence-electron chi connectivity index (χ3n) is 6.02. The second-order valence-electron chi connectivity index (χ2n) is 8.83. The van der Waals surface area contributed by atoms with Gasteiger partial charge in [0, 0.05) is 23.6 Å². The molecule has 1 amide bonds. The zero-order chi connectivity index (χ0) is 27.6. The minimum absolute atomic E-state index is 0.0418. The van der Waals surface area contributed by atoms with E-state index < -0.39 is 29.8 Å². The van der Waals surface area contributed by atoms with Crippen LogP contribution in [0.25, 0.3) is 5.76 Å². The predicted octanol–water partition coefficient (Wildman–Crippen LogP) is 6.13. The summed E-state index contributed by atoms with van der Waals surface area (Å²) in [6.45, 7) is 6.23. The van der Waals surface area contributed by atoms with Crippen molar-refractivity contribution >= 4 is 23.1 Å². The van der Waals surface area contributed by atoms with E-state index in [1.807, 2.05) is 20.8 Å². The number of ether oxygens (including phenoxy) is 2. The van der Waals surface area contributed by atoms with Crippen LogP contribution in [0.15, 0.2) is 72.6 Å². The number of amides is 1. The van der Waals surface area contributed by atoms with Crippen LogP contribution in [0.3, 0.4) is 0 Å². The van der Waals surface area contributed by atoms with Gasteiger partial charge in [-0.05, 0) is 78.6 Å². The first-order valence-electron chi connectivity index (χ1n) is 11.9. The maximum absolute atomic E-state index is 13.3. The van der Waals surface area contributed by atoms with Crippen molar-refractivity contribution < 1.29 is 37.3 Å². The van der Waals surface area contributed by atoms with Gasteiger partial charge in [0.15, 0.2) is 0 Å². The molecule has 10 heteroatoms. The van der Waals surface area contributed by atoms with Crippen LogP contribution in [0.5, 0.6) is 11.5 Å². The fourth-order valence-corrected chi connectivity index (χ4v) is 4.36. The summed E-state index contributed by atoms with van der Waals surface area (Å²) in [7, 11) is 0. The maximum atomic E-state index is 13.3. The Hall–Kier alpha value is -4.34. The normalized spacial score (nSPS) is 17.2. The van der Waals surface area contributed by atoms with Crippen molar-refractivity contribution in [2.24, 2.45) is 0 Å². The minimum Gasteiger partial charge on any atom is -0.507 e. The molecule has 3 aromatic rings. The van der Waals surface area contributed by atoms with Crippen molar-refractivity contribution in [1.29, 1.82) is 0 Å². The fourth-order valence-electron chi connectivity index (χ4n) is 4.36. The van der Waals surface area contributed by atoms with Gasteiger partial charge in [0.25, 0.3) is 11.7 Å². The predicted molar refractivity (Wildman–Crippen MR) is 134 cm³/mol. The van der Waals surface area contributed by atoms with E-state index in [2.05, 4.69) is 9.72 Å². The first kappa shape index (κ1) is 26.7. The number of ketones is 1. The molecule has 4 rings (SSSR count). The largest absolute Gasteiger partial charge is 0.573 e. The lowest BCUT2D eigenvalue weighted by atomic mass is 9.93. The lowest BCUT2D eigenvalue weighted by molar-refractivity contribution is -0.274. The number of alkyl halides is 3. The van der Waals surface area contributed by atoms with E-state index in [1.54, 1.807) is 30.3 Å². The van der Waals surface area contributed by atoms with Gasteiger partial charge >= 0.3 is 6.36 Å². The van der Waals surface area contributed by atoms with E-state index in [0.717, 1.165) is 22.6 Å². The molecule has 0 spiro atoms. The Bertz CT molecular complexity index is 1370. The number of anilines is 1. The summed E-state index contributed by atoms with van der Waals surface area (Å²) in [6, 6.07) is 11.7. The molecule has 7 nitrogen and oxygen atoms in total. The number of Topliss-reactive ketones (excluding diaryl/α,β-unsaturated/α-hetero) is 1. The molecule has 1 saturated heterocycles. The van der Waals surface area contributed by atoms with Crippen LogP contribution in [-0.4, -0.2) is 34.8 Å². The molecule has 1 N–H and O–H groups in total. The van der Waals surface area contributed by atoms with Gasteiger partial charge < -0.3 is 14.6 Å². The average molecular weight is 527 g/mol. The van der Waals surface area contributed by atoms with Gasteiger partial charge in [-0.25, -0.2) is 0 Å². The van der Waals surface area contributed by atoms with Crippen LogP contribution in [-0.2, 0) is 9.59 Å². The zero-order valence-electron chi connectivity index (χ0n) is 20.8. The monoisotopic (exact) mass is 526 g/mol. The Kier molecular flexibility index (Phi) is 7.43. The molecular formula is C28H25F3N2O5. The molecule has 1 aliphatic heterocycles. The van der Waals surface area contributed by atoms with Crippen molar-refractivity contribution in [3.8, 4) is 11.5 Å². The highest BCUT2D eigenvalue weighted by molar-refractivity contribution is 6.51. The second kappa shape index (κ2) is 10.6. The molecule has 1 aliphatic rings. The Balaban J connectivity index is 1.85. The van der Waals surface area contributed by atoms with Gasteiger partial charge in [-0.15, -0.1) is 13.2 Å². The molecule has 0 bridgehead atoms. The minimum atomic E-state index is -4.88. The number of hydrogen-bond acceptors (Lipinski definition) is 6. The number of carbonyl (C=O) groups is 2. The van der Waals surface area contributed by atoms with Crippen LogP contribution in [0, 0.1) is 0 Å². The quantitative estimate of drug-likeness (QED) is 0.226. The van der Waals surface area contributed by atoms with Gasteiger partial charge in [0.1, 0.15) is 17.3 Å². The SMILES string of the molecule is CCOc1ccc(/C(O)=C2/C(=O)C(=O)N(c3ccc(OC(F)(F)F)cc3)C2c2ccncc2)cc1C(C)C. The maximum Gasteiger partial charge on any atom is 0.573 e. The third kappa shape index (κ3) is 5.34. The molecule has 0 radical (unpaired) electrons. The van der Waals surface area contributed by atoms with E-state index in [-0.39, 0.29) is 22.9 Å². The number of rotatable bonds is 7. The summed E-state index contributed by atoms with van der Waals surface area (Å²) in [4.78, 5) is 31.7. The molecule has 2 heterocycles. The number of aliphatic hydroxyl groups excluding tert-OH is 1. The van der Waals surface area contributed by atoms with Gasteiger partial charge in [0.05, 0.1) is 18.2 Å². The molecule has 38 heavy (non-hydrogen) atoms. The van der Waals surface area contributed by atoms with Crippen molar-refractivity contribution in [2.45, 2.75) is 39.1 Å². The number of benzene rings is 2. The van der Waals surface area contributed by atoms with Crippen LogP contribution in [0.4, 0.5) is 18.9 Å². The first-order chi connectivity index (χ1) is 18.0. The number of aromatic nitrogens is 1. The molecule has 198 valence electrons. The standard InChI is InChI=1S/C28H25F3N2O5/c1-4-37-22-10-5-18(15-21(22)16(2)3)25(34)23-24(17-11-13-32-14-12-17)33(27(36)26(23)35)19-6-8-20(9-7-19)38-28(29,30)31/h5-16,24,34H,4H2,1-3H3/b25-23-. The van der Waals surface area contributed by atoms with Gasteiger partial charge in [-0.3, -0.25) is 19.5 Å². The summed E-state index contributed by atoms with van der Waals surface area (Å²) in [6.07, 6.45) is -1.93. The van der Waals surface area contributed by atoms with Crippen LogP contribution < -0.4 is 14.4 Å². The number of aliphatic hydroxyl groups is 1. The Morgan fingerprint density at radius 3 is 2.29 bits per heavy atom. The smallest absolute Gasteiger partial charge is 0.507 e. The molecule has 0 saturated carbocycles. The lowest BCUT2D eigenvalue weighted by Crippen LogP contribution is -2.29. The summed E-state index contributed by atoms with van der Waals surface area (Å²) < 4.78 is 47.4. The van der Waals surface area contributed by atoms with E-state index >= 15 is 0 Å². The molecular weight excluding hydrogens is 501 g/mol. The Labute approximate surface area is 217 Å². The highest BCUT2D eigenvalue weighted by Gasteiger charge is 2.47. The van der Waals surface area contributed by atoms with Gasteiger partial charge in [-0.1, -0.05) is 13.8 Å². The Morgan fingerprint density at radius 1 is 1.05 bits per heavy atom. The fraction of sp³-hybridized carbons (Fsp3) is 0.250. The van der Waals surface area contributed by atoms with Gasteiger partial charge in [-0.2, -0.15) is 0 Å². The third-order valence-corrected chi connectivity index (χ3v) is 6.02. The van der Waals surface area contributed by atoms with Crippen molar-refractivity contribution in [3.63, 3.8) is 0 Å². The molecule has 2 aromatic carbocycles. The highest BCUT2D eigenvalue weighted by atomic mass is 19.4. The summed E-state index contributed by atoms with van der Waals surface area (Å²) in [5, 5.41) is 11.4. The number of halogens is 3. The van der Waals surface area contributed by atoms with Crippen LogP contribution >= 0.6 is 0 Å². The molecule has 1 fully saturated rings. The topological polar surface area (TPSA) is 89.0 Å². The number of carbonyl (C=O) groups excluding carboxylic acids is 2.